The molecular formula is C11H19NO2. The van der Waals surface area contributed by atoms with E-state index in [1.807, 2.05) is 0 Å². The Morgan fingerprint density at radius 3 is 2.71 bits per heavy atom. The van der Waals surface area contributed by atoms with E-state index >= 15 is 0 Å². The van der Waals surface area contributed by atoms with Crippen LogP contribution >= 0.6 is 0 Å². The van der Waals surface area contributed by atoms with Crippen LogP contribution in [0.15, 0.2) is 0 Å². The minimum atomic E-state index is -0.476. The van der Waals surface area contributed by atoms with E-state index in [1.54, 1.807) is 0 Å². The van der Waals surface area contributed by atoms with Crippen molar-refractivity contribution in [3.63, 3.8) is 0 Å². The van der Waals surface area contributed by atoms with Crippen LogP contribution in [0.4, 0.5) is 0 Å². The van der Waals surface area contributed by atoms with Gasteiger partial charge in [0, 0.05) is 18.4 Å². The van der Waals surface area contributed by atoms with Gasteiger partial charge in [-0.05, 0) is 38.8 Å². The highest BCUT2D eigenvalue weighted by Crippen LogP contribution is 2.41. The molecule has 1 aliphatic carbocycles. The number of hydrogen-bond donors (Lipinski definition) is 1. The Morgan fingerprint density at radius 1 is 1.14 bits per heavy atom. The molecule has 3 nitrogen and oxygen atoms in total. The fourth-order valence-corrected chi connectivity index (χ4v) is 3.51. The Bertz CT molecular complexity index is 215. The summed E-state index contributed by atoms with van der Waals surface area (Å²) in [4.78, 5) is 2.62. The summed E-state index contributed by atoms with van der Waals surface area (Å²) in [7, 11) is 0. The number of nitrogens with zero attached hydrogens (tertiary/aromatic N) is 1. The number of rotatable bonds is 1. The average molecular weight is 197 g/mol. The van der Waals surface area contributed by atoms with E-state index in [9.17, 15) is 5.11 Å². The highest BCUT2D eigenvalue weighted by atomic mass is 16.6. The summed E-state index contributed by atoms with van der Waals surface area (Å²) >= 11 is 0. The van der Waals surface area contributed by atoms with Gasteiger partial charge >= 0.3 is 0 Å². The molecule has 1 saturated carbocycles. The lowest BCUT2D eigenvalue weighted by molar-refractivity contribution is -0.0906. The van der Waals surface area contributed by atoms with Gasteiger partial charge in [-0.1, -0.05) is 0 Å². The van der Waals surface area contributed by atoms with E-state index in [2.05, 4.69) is 4.90 Å². The van der Waals surface area contributed by atoms with Gasteiger partial charge in [0.1, 0.15) is 0 Å². The number of aliphatic hydroxyl groups excluding tert-OH is 1. The van der Waals surface area contributed by atoms with Crippen molar-refractivity contribution in [3.05, 3.63) is 0 Å². The van der Waals surface area contributed by atoms with E-state index in [0.29, 0.717) is 18.1 Å². The van der Waals surface area contributed by atoms with Crippen LogP contribution in [-0.2, 0) is 4.74 Å². The van der Waals surface area contributed by atoms with Gasteiger partial charge < -0.3 is 14.7 Å². The highest BCUT2D eigenvalue weighted by Gasteiger charge is 2.46. The monoisotopic (exact) mass is 197 g/mol. The van der Waals surface area contributed by atoms with E-state index in [1.165, 1.54) is 32.4 Å². The predicted octanol–water partition coefficient (Wildman–Crippen LogP) is 0.968. The lowest BCUT2D eigenvalue weighted by Crippen LogP contribution is -2.36. The molecule has 3 aliphatic rings. The van der Waals surface area contributed by atoms with Crippen molar-refractivity contribution in [1.29, 1.82) is 0 Å². The topological polar surface area (TPSA) is 32.7 Å². The van der Waals surface area contributed by atoms with Crippen molar-refractivity contribution >= 4 is 0 Å². The van der Waals surface area contributed by atoms with E-state index in [0.717, 1.165) is 12.8 Å². The van der Waals surface area contributed by atoms with Crippen molar-refractivity contribution in [3.8, 4) is 0 Å². The molecule has 0 aromatic rings. The zero-order valence-corrected chi connectivity index (χ0v) is 8.56. The first-order valence-electron chi connectivity index (χ1n) is 5.92. The molecule has 0 aromatic heterocycles. The van der Waals surface area contributed by atoms with Crippen molar-refractivity contribution in [1.82, 2.24) is 4.90 Å². The van der Waals surface area contributed by atoms with Gasteiger partial charge in [-0.15, -0.1) is 0 Å². The summed E-state index contributed by atoms with van der Waals surface area (Å²) in [5.74, 6) is 0.614. The second kappa shape index (κ2) is 3.47. The quantitative estimate of drug-likeness (QED) is 0.680. The van der Waals surface area contributed by atoms with Crippen LogP contribution in [0.5, 0.6) is 0 Å². The molecule has 14 heavy (non-hydrogen) atoms. The van der Waals surface area contributed by atoms with Crippen LogP contribution in [-0.4, -0.2) is 41.5 Å². The molecule has 3 fully saturated rings. The van der Waals surface area contributed by atoms with E-state index in [4.69, 9.17) is 4.74 Å². The van der Waals surface area contributed by atoms with Gasteiger partial charge in [0.15, 0.2) is 6.29 Å². The second-order valence-electron chi connectivity index (χ2n) is 4.92. The van der Waals surface area contributed by atoms with Gasteiger partial charge in [0.25, 0.3) is 0 Å². The molecule has 2 saturated heterocycles. The Balaban J connectivity index is 1.69. The number of likely N-dealkylation sites (tertiary alicyclic amines) is 1. The zero-order valence-electron chi connectivity index (χ0n) is 8.56. The number of aliphatic hydroxyl groups is 1. The maximum Gasteiger partial charge on any atom is 0.155 e. The summed E-state index contributed by atoms with van der Waals surface area (Å²) in [6, 6.07) is 0.708. The fraction of sp³-hybridized carbons (Fsp3) is 1.00. The minimum Gasteiger partial charge on any atom is -0.368 e. The first kappa shape index (κ1) is 9.13. The maximum atomic E-state index is 9.45. The minimum absolute atomic E-state index is 0.357. The summed E-state index contributed by atoms with van der Waals surface area (Å²) in [5, 5.41) is 9.45. The van der Waals surface area contributed by atoms with Crippen molar-refractivity contribution in [2.75, 3.05) is 13.1 Å². The SMILES string of the molecule is OC1CC2C(CCC2N2CCCC2)O1. The number of ether oxygens (including phenoxy) is 1. The van der Waals surface area contributed by atoms with Crippen LogP contribution in [0.3, 0.4) is 0 Å². The average Bonchev–Trinajstić information content (AvgIpc) is 2.77. The molecular weight excluding hydrogens is 178 g/mol. The van der Waals surface area contributed by atoms with Crippen LogP contribution in [0.25, 0.3) is 0 Å². The second-order valence-corrected chi connectivity index (χ2v) is 4.92. The Kier molecular flexibility index (Phi) is 2.26. The molecule has 80 valence electrons. The largest absolute Gasteiger partial charge is 0.368 e. The molecule has 3 heteroatoms. The van der Waals surface area contributed by atoms with Crippen molar-refractivity contribution < 1.29 is 9.84 Å². The molecule has 2 aliphatic heterocycles. The highest BCUT2D eigenvalue weighted by molar-refractivity contribution is 4.96. The molecule has 2 heterocycles. The van der Waals surface area contributed by atoms with Gasteiger partial charge in [-0.3, -0.25) is 0 Å². The van der Waals surface area contributed by atoms with E-state index < -0.39 is 6.29 Å². The van der Waals surface area contributed by atoms with Crippen molar-refractivity contribution in [2.24, 2.45) is 5.92 Å². The number of hydrogen-bond acceptors (Lipinski definition) is 3. The van der Waals surface area contributed by atoms with E-state index in [-0.39, 0.29) is 0 Å². The van der Waals surface area contributed by atoms with Gasteiger partial charge in [-0.25, -0.2) is 0 Å². The summed E-state index contributed by atoms with van der Waals surface area (Å²) in [5.41, 5.74) is 0. The smallest absolute Gasteiger partial charge is 0.155 e. The van der Waals surface area contributed by atoms with Crippen LogP contribution < -0.4 is 0 Å². The molecule has 4 atom stereocenters. The maximum absolute atomic E-state index is 9.45. The first-order valence-corrected chi connectivity index (χ1v) is 5.92. The summed E-state index contributed by atoms with van der Waals surface area (Å²) in [6.45, 7) is 2.54. The lowest BCUT2D eigenvalue weighted by atomic mass is 9.99. The molecule has 0 bridgehead atoms. The van der Waals surface area contributed by atoms with Gasteiger partial charge in [-0.2, -0.15) is 0 Å². The third kappa shape index (κ3) is 1.38. The molecule has 0 spiro atoms. The summed E-state index contributed by atoms with van der Waals surface area (Å²) < 4.78 is 5.50. The fourth-order valence-electron chi connectivity index (χ4n) is 3.51. The molecule has 1 N–H and O–H groups in total. The molecule has 0 amide bonds. The molecule has 4 unspecified atom stereocenters. The lowest BCUT2D eigenvalue weighted by Gasteiger charge is -2.27. The third-order valence-electron chi connectivity index (χ3n) is 4.13. The number of fused-ring (bicyclic) bond motifs is 1. The zero-order chi connectivity index (χ0) is 9.54. The van der Waals surface area contributed by atoms with Gasteiger partial charge in [0.05, 0.1) is 6.10 Å². The molecule has 0 radical (unpaired) electrons. The van der Waals surface area contributed by atoms with Crippen LogP contribution in [0.1, 0.15) is 32.1 Å². The molecule has 0 aromatic carbocycles. The van der Waals surface area contributed by atoms with Crippen molar-refractivity contribution in [2.45, 2.75) is 50.5 Å². The Hall–Kier alpha value is -0.120. The first-order chi connectivity index (χ1) is 6.84. The summed E-state index contributed by atoms with van der Waals surface area (Å²) in [6.07, 6.45) is 5.90. The Morgan fingerprint density at radius 2 is 1.93 bits per heavy atom. The predicted molar refractivity (Wildman–Crippen MR) is 52.8 cm³/mol. The Labute approximate surface area is 85.0 Å². The normalized spacial score (nSPS) is 48.6. The standard InChI is InChI=1S/C11H19NO2/c13-11-7-8-9(3-4-10(8)14-11)12-5-1-2-6-12/h8-11,13H,1-7H2. The van der Waals surface area contributed by atoms with Gasteiger partial charge in [0.2, 0.25) is 0 Å². The molecule has 3 rings (SSSR count). The third-order valence-corrected chi connectivity index (χ3v) is 4.13. The van der Waals surface area contributed by atoms with Crippen LogP contribution in [0.2, 0.25) is 0 Å². The van der Waals surface area contributed by atoms with Crippen LogP contribution in [0, 0.1) is 5.92 Å².